The third-order valence-electron chi connectivity index (χ3n) is 5.17. The van der Waals surface area contributed by atoms with E-state index in [1.807, 2.05) is 12.1 Å². The number of carbonyl (C=O) groups is 1. The standard InChI is InChI=1S/C21H21F3N2O4/c22-21(23,24)13-5-10-19(25-11-13)29-15-8-6-14(7-9-15)26-20(27)18-12-28-16-3-1-2-4-17(16)30-18/h1-5,10-11,14-15,18H,6-9,12H2,(H,26,27). The van der Waals surface area contributed by atoms with Crippen LogP contribution in [0.5, 0.6) is 17.4 Å². The highest BCUT2D eigenvalue weighted by Crippen LogP contribution is 2.32. The molecular weight excluding hydrogens is 401 g/mol. The molecule has 4 rings (SSSR count). The molecule has 1 unspecified atom stereocenters. The van der Waals surface area contributed by atoms with Gasteiger partial charge in [-0.25, -0.2) is 4.98 Å². The lowest BCUT2D eigenvalue weighted by Gasteiger charge is -2.31. The van der Waals surface area contributed by atoms with Gasteiger partial charge in [0, 0.05) is 18.3 Å². The van der Waals surface area contributed by atoms with Gasteiger partial charge in [-0.3, -0.25) is 4.79 Å². The molecule has 1 aliphatic carbocycles. The molecule has 1 saturated carbocycles. The predicted molar refractivity (Wildman–Crippen MR) is 100 cm³/mol. The number of fused-ring (bicyclic) bond motifs is 1. The van der Waals surface area contributed by atoms with E-state index in [-0.39, 0.29) is 30.5 Å². The van der Waals surface area contributed by atoms with Crippen LogP contribution in [0.1, 0.15) is 31.2 Å². The number of aromatic nitrogens is 1. The molecule has 1 atom stereocenters. The Bertz CT molecular complexity index is 881. The average Bonchev–Trinajstić information content (AvgIpc) is 2.74. The summed E-state index contributed by atoms with van der Waals surface area (Å²) in [5, 5.41) is 2.99. The van der Waals surface area contributed by atoms with Crippen LogP contribution in [0, 0.1) is 0 Å². The lowest BCUT2D eigenvalue weighted by atomic mass is 9.93. The predicted octanol–water partition coefficient (Wildman–Crippen LogP) is 3.75. The van der Waals surface area contributed by atoms with Gasteiger partial charge < -0.3 is 19.5 Å². The summed E-state index contributed by atoms with van der Waals surface area (Å²) in [4.78, 5) is 16.3. The van der Waals surface area contributed by atoms with Gasteiger partial charge >= 0.3 is 6.18 Å². The van der Waals surface area contributed by atoms with Crippen molar-refractivity contribution in [1.82, 2.24) is 10.3 Å². The van der Waals surface area contributed by atoms with Crippen molar-refractivity contribution >= 4 is 5.91 Å². The molecule has 1 fully saturated rings. The molecule has 1 aromatic heterocycles. The van der Waals surface area contributed by atoms with Gasteiger partial charge in [0.25, 0.3) is 5.91 Å². The zero-order chi connectivity index (χ0) is 21.1. The first-order chi connectivity index (χ1) is 14.4. The highest BCUT2D eigenvalue weighted by molar-refractivity contribution is 5.82. The highest BCUT2D eigenvalue weighted by atomic mass is 19.4. The Morgan fingerprint density at radius 1 is 1.07 bits per heavy atom. The molecule has 1 aliphatic heterocycles. The van der Waals surface area contributed by atoms with Gasteiger partial charge in [0.2, 0.25) is 12.0 Å². The molecule has 0 radical (unpaired) electrons. The quantitative estimate of drug-likeness (QED) is 0.813. The summed E-state index contributed by atoms with van der Waals surface area (Å²) >= 11 is 0. The van der Waals surface area contributed by atoms with Crippen LogP contribution in [0.3, 0.4) is 0 Å². The maximum absolute atomic E-state index is 12.6. The van der Waals surface area contributed by atoms with Gasteiger partial charge in [-0.15, -0.1) is 0 Å². The van der Waals surface area contributed by atoms with Crippen LogP contribution >= 0.6 is 0 Å². The summed E-state index contributed by atoms with van der Waals surface area (Å²) < 4.78 is 54.8. The third kappa shape index (κ3) is 4.77. The molecule has 2 aliphatic rings. The Morgan fingerprint density at radius 2 is 1.80 bits per heavy atom. The maximum Gasteiger partial charge on any atom is 0.417 e. The second-order valence-electron chi connectivity index (χ2n) is 7.35. The van der Waals surface area contributed by atoms with Crippen molar-refractivity contribution < 1.29 is 32.2 Å². The van der Waals surface area contributed by atoms with Gasteiger partial charge in [0.15, 0.2) is 11.5 Å². The third-order valence-corrected chi connectivity index (χ3v) is 5.17. The summed E-state index contributed by atoms with van der Waals surface area (Å²) in [5.74, 6) is 1.11. The number of rotatable bonds is 4. The van der Waals surface area contributed by atoms with Crippen LogP contribution in [0.4, 0.5) is 13.2 Å². The van der Waals surface area contributed by atoms with Crippen molar-refractivity contribution in [3.8, 4) is 17.4 Å². The van der Waals surface area contributed by atoms with Crippen LogP contribution in [0.15, 0.2) is 42.6 Å². The number of hydrogen-bond acceptors (Lipinski definition) is 5. The number of halogens is 3. The van der Waals surface area contributed by atoms with Crippen molar-refractivity contribution in [1.29, 1.82) is 0 Å². The number of nitrogens with zero attached hydrogens (tertiary/aromatic N) is 1. The van der Waals surface area contributed by atoms with Crippen LogP contribution in [0.25, 0.3) is 0 Å². The molecular formula is C21H21F3N2O4. The fraction of sp³-hybridized carbons (Fsp3) is 0.429. The van der Waals surface area contributed by atoms with Crippen molar-refractivity contribution in [2.24, 2.45) is 0 Å². The first-order valence-corrected chi connectivity index (χ1v) is 9.77. The number of hydrogen-bond donors (Lipinski definition) is 1. The van der Waals surface area contributed by atoms with E-state index in [1.165, 1.54) is 6.07 Å². The summed E-state index contributed by atoms with van der Waals surface area (Å²) in [6.45, 7) is 0.154. The number of amides is 1. The van der Waals surface area contributed by atoms with Crippen molar-refractivity contribution in [3.63, 3.8) is 0 Å². The summed E-state index contributed by atoms with van der Waals surface area (Å²) in [5.41, 5.74) is -0.808. The van der Waals surface area contributed by atoms with E-state index in [9.17, 15) is 18.0 Å². The Morgan fingerprint density at radius 3 is 2.47 bits per heavy atom. The number of alkyl halides is 3. The molecule has 30 heavy (non-hydrogen) atoms. The minimum atomic E-state index is -4.42. The smallest absolute Gasteiger partial charge is 0.417 e. The molecule has 1 amide bonds. The number of ether oxygens (including phenoxy) is 3. The van der Waals surface area contributed by atoms with Crippen LogP contribution < -0.4 is 19.5 Å². The molecule has 9 heteroatoms. The Labute approximate surface area is 171 Å². The van der Waals surface area contributed by atoms with E-state index in [0.717, 1.165) is 12.3 Å². The zero-order valence-corrected chi connectivity index (χ0v) is 16.0. The number of benzene rings is 1. The van der Waals surface area contributed by atoms with Crippen LogP contribution in [-0.2, 0) is 11.0 Å². The fourth-order valence-electron chi connectivity index (χ4n) is 3.56. The van der Waals surface area contributed by atoms with E-state index in [2.05, 4.69) is 10.3 Å². The van der Waals surface area contributed by atoms with E-state index in [0.29, 0.717) is 37.2 Å². The van der Waals surface area contributed by atoms with Gasteiger partial charge in [-0.2, -0.15) is 13.2 Å². The van der Waals surface area contributed by atoms with E-state index in [4.69, 9.17) is 14.2 Å². The topological polar surface area (TPSA) is 69.7 Å². The molecule has 160 valence electrons. The minimum Gasteiger partial charge on any atom is -0.485 e. The number of carbonyl (C=O) groups excluding carboxylic acids is 1. The summed E-state index contributed by atoms with van der Waals surface area (Å²) in [6.07, 6.45) is -1.78. The molecule has 0 saturated heterocycles. The largest absolute Gasteiger partial charge is 0.485 e. The lowest BCUT2D eigenvalue weighted by Crippen LogP contribution is -2.49. The Kier molecular flexibility index (Phi) is 5.69. The van der Waals surface area contributed by atoms with Crippen LogP contribution in [0.2, 0.25) is 0 Å². The molecule has 2 aromatic rings. The average molecular weight is 422 g/mol. The second-order valence-corrected chi connectivity index (χ2v) is 7.35. The van der Waals surface area contributed by atoms with Gasteiger partial charge in [0.1, 0.15) is 12.7 Å². The Balaban J connectivity index is 1.23. The first-order valence-electron chi connectivity index (χ1n) is 9.77. The molecule has 0 spiro atoms. The van der Waals surface area contributed by atoms with Crippen molar-refractivity contribution in [2.45, 2.75) is 50.1 Å². The number of pyridine rings is 1. The SMILES string of the molecule is O=C(NC1CCC(Oc2ccc(C(F)(F)F)cn2)CC1)C1COc2ccccc2O1. The van der Waals surface area contributed by atoms with Crippen LogP contribution in [-0.4, -0.2) is 35.7 Å². The fourth-order valence-corrected chi connectivity index (χ4v) is 3.56. The number of nitrogens with one attached hydrogen (secondary N) is 1. The van der Waals surface area contributed by atoms with Gasteiger partial charge in [-0.1, -0.05) is 12.1 Å². The number of para-hydroxylation sites is 2. The van der Waals surface area contributed by atoms with Crippen molar-refractivity contribution in [3.05, 3.63) is 48.2 Å². The molecule has 6 nitrogen and oxygen atoms in total. The maximum atomic E-state index is 12.6. The van der Waals surface area contributed by atoms with Gasteiger partial charge in [-0.05, 0) is 43.9 Å². The summed E-state index contributed by atoms with van der Waals surface area (Å²) in [6, 6.07) is 9.37. The minimum absolute atomic E-state index is 0.0151. The normalized spacial score (nSPS) is 23.5. The zero-order valence-electron chi connectivity index (χ0n) is 16.0. The molecule has 0 bridgehead atoms. The van der Waals surface area contributed by atoms with Crippen molar-refractivity contribution in [2.75, 3.05) is 6.61 Å². The Hall–Kier alpha value is -2.97. The first kappa shape index (κ1) is 20.3. The molecule has 2 heterocycles. The highest BCUT2D eigenvalue weighted by Gasteiger charge is 2.32. The lowest BCUT2D eigenvalue weighted by molar-refractivity contribution is -0.138. The monoisotopic (exact) mass is 422 g/mol. The van der Waals surface area contributed by atoms with Gasteiger partial charge in [0.05, 0.1) is 5.56 Å². The van der Waals surface area contributed by atoms with E-state index < -0.39 is 17.8 Å². The summed E-state index contributed by atoms with van der Waals surface area (Å²) in [7, 11) is 0. The van der Waals surface area contributed by atoms with E-state index in [1.54, 1.807) is 12.1 Å². The van der Waals surface area contributed by atoms with E-state index >= 15 is 0 Å². The molecule has 1 aromatic carbocycles. The molecule has 1 N–H and O–H groups in total. The second kappa shape index (κ2) is 8.41.